The second-order valence-electron chi connectivity index (χ2n) is 3.71. The molecule has 5 heteroatoms. The zero-order chi connectivity index (χ0) is 13.0. The van der Waals surface area contributed by atoms with Crippen molar-refractivity contribution in [3.05, 3.63) is 34.9 Å². The summed E-state index contributed by atoms with van der Waals surface area (Å²) in [5.74, 6) is 5.17. The smallest absolute Gasteiger partial charge is 0.274 e. The molecule has 0 aliphatic carbocycles. The molecule has 0 saturated heterocycles. The molecule has 17 heavy (non-hydrogen) atoms. The highest BCUT2D eigenvalue weighted by molar-refractivity contribution is 7.80. The predicted molar refractivity (Wildman–Crippen MR) is 72.3 cm³/mol. The summed E-state index contributed by atoms with van der Waals surface area (Å²) in [6.45, 7) is 4.02. The van der Waals surface area contributed by atoms with Crippen LogP contribution in [-0.4, -0.2) is 16.0 Å². The van der Waals surface area contributed by atoms with Crippen LogP contribution in [0.1, 0.15) is 35.3 Å². The number of hydrazine groups is 1. The van der Waals surface area contributed by atoms with E-state index in [1.807, 2.05) is 32.0 Å². The van der Waals surface area contributed by atoms with E-state index in [0.29, 0.717) is 5.56 Å². The maximum atomic E-state index is 12.1. The van der Waals surface area contributed by atoms with Gasteiger partial charge in [-0.15, -0.1) is 0 Å². The fraction of sp³-hybridized carbons (Fsp3) is 0.333. The van der Waals surface area contributed by atoms with Crippen LogP contribution in [-0.2, 0) is 12.8 Å². The normalized spacial score (nSPS) is 10.1. The number of hydrogen-bond acceptors (Lipinski definition) is 3. The van der Waals surface area contributed by atoms with E-state index in [4.69, 9.17) is 23.8 Å². The van der Waals surface area contributed by atoms with E-state index in [9.17, 15) is 4.79 Å². The average Bonchev–Trinajstić information content (AvgIpc) is 2.35. The SMILES string of the molecule is CCc1ccc(CC)c(C(=O)N(N)C(N)=S)c1. The monoisotopic (exact) mass is 251 g/mol. The Labute approximate surface area is 107 Å². The average molecular weight is 251 g/mol. The molecule has 0 spiro atoms. The molecule has 1 aromatic carbocycles. The van der Waals surface area contributed by atoms with Crippen molar-refractivity contribution in [1.82, 2.24) is 5.01 Å². The lowest BCUT2D eigenvalue weighted by Crippen LogP contribution is -2.46. The summed E-state index contributed by atoms with van der Waals surface area (Å²) in [7, 11) is 0. The van der Waals surface area contributed by atoms with Crippen molar-refractivity contribution in [2.24, 2.45) is 11.6 Å². The number of nitrogens with two attached hydrogens (primary N) is 2. The minimum absolute atomic E-state index is 0.126. The molecule has 1 aromatic rings. The van der Waals surface area contributed by atoms with Gasteiger partial charge in [0.1, 0.15) is 0 Å². The van der Waals surface area contributed by atoms with Crippen LogP contribution < -0.4 is 11.6 Å². The summed E-state index contributed by atoms with van der Waals surface area (Å²) >= 11 is 4.69. The van der Waals surface area contributed by atoms with Crippen LogP contribution in [0.2, 0.25) is 0 Å². The first-order valence-corrected chi connectivity index (χ1v) is 5.92. The lowest BCUT2D eigenvalue weighted by atomic mass is 10.00. The van der Waals surface area contributed by atoms with Crippen molar-refractivity contribution in [1.29, 1.82) is 0 Å². The van der Waals surface area contributed by atoms with Crippen molar-refractivity contribution in [2.45, 2.75) is 26.7 Å². The summed E-state index contributed by atoms with van der Waals surface area (Å²) in [5, 5.41) is 0.683. The molecular formula is C12H17N3OS. The third-order valence-electron chi connectivity index (χ3n) is 2.65. The van der Waals surface area contributed by atoms with Crippen molar-refractivity contribution in [3.63, 3.8) is 0 Å². The van der Waals surface area contributed by atoms with E-state index < -0.39 is 0 Å². The Bertz CT molecular complexity index is 445. The summed E-state index contributed by atoms with van der Waals surface area (Å²) in [6, 6.07) is 5.80. The largest absolute Gasteiger partial charge is 0.375 e. The molecule has 0 fully saturated rings. The van der Waals surface area contributed by atoms with Crippen LogP contribution in [0.25, 0.3) is 0 Å². The fourth-order valence-corrected chi connectivity index (χ4v) is 1.66. The highest BCUT2D eigenvalue weighted by atomic mass is 32.1. The number of hydrogen-bond donors (Lipinski definition) is 2. The standard InChI is InChI=1S/C12H17N3OS/c1-3-8-5-6-9(4-2)10(7-8)11(16)15(14)12(13)17/h5-7H,3-4,14H2,1-2H3,(H2,13,17). The number of carbonyl (C=O) groups excluding carboxylic acids is 1. The highest BCUT2D eigenvalue weighted by Crippen LogP contribution is 2.15. The number of amides is 1. The predicted octanol–water partition coefficient (Wildman–Crippen LogP) is 1.37. The van der Waals surface area contributed by atoms with E-state index in [-0.39, 0.29) is 11.0 Å². The van der Waals surface area contributed by atoms with Gasteiger partial charge in [-0.1, -0.05) is 26.0 Å². The third kappa shape index (κ3) is 3.01. The topological polar surface area (TPSA) is 72.3 Å². The second-order valence-corrected chi connectivity index (χ2v) is 4.13. The summed E-state index contributed by atoms with van der Waals surface area (Å²) < 4.78 is 0. The Hall–Kier alpha value is -1.46. The molecular weight excluding hydrogens is 234 g/mol. The molecule has 0 heterocycles. The Balaban J connectivity index is 3.18. The molecule has 0 aliphatic heterocycles. The molecule has 0 bridgehead atoms. The minimum Gasteiger partial charge on any atom is -0.375 e. The molecule has 1 amide bonds. The number of carbonyl (C=O) groups is 1. The fourth-order valence-electron chi connectivity index (χ4n) is 1.58. The maximum Gasteiger partial charge on any atom is 0.274 e. The summed E-state index contributed by atoms with van der Waals surface area (Å²) in [6.07, 6.45) is 1.62. The molecule has 1 rings (SSSR count). The first-order valence-electron chi connectivity index (χ1n) is 5.51. The molecule has 0 radical (unpaired) electrons. The molecule has 0 unspecified atom stereocenters. The zero-order valence-electron chi connectivity index (χ0n) is 10.1. The first-order chi connectivity index (χ1) is 8.01. The molecule has 92 valence electrons. The number of benzene rings is 1. The maximum absolute atomic E-state index is 12.1. The number of thiocarbonyl (C=S) groups is 1. The zero-order valence-corrected chi connectivity index (χ0v) is 10.9. The van der Waals surface area contributed by atoms with E-state index in [2.05, 4.69) is 0 Å². The van der Waals surface area contributed by atoms with Crippen LogP contribution in [0.15, 0.2) is 18.2 Å². The lowest BCUT2D eigenvalue weighted by molar-refractivity contribution is 0.0847. The molecule has 0 atom stereocenters. The van der Waals surface area contributed by atoms with Gasteiger partial charge in [-0.25, -0.2) is 10.9 Å². The van der Waals surface area contributed by atoms with E-state index >= 15 is 0 Å². The molecule has 0 saturated carbocycles. The first kappa shape index (κ1) is 13.6. The molecule has 4 nitrogen and oxygen atoms in total. The van der Waals surface area contributed by atoms with Gasteiger partial charge in [-0.3, -0.25) is 4.79 Å². The van der Waals surface area contributed by atoms with Crippen molar-refractivity contribution < 1.29 is 4.79 Å². The minimum atomic E-state index is -0.357. The van der Waals surface area contributed by atoms with Gasteiger partial charge in [0.25, 0.3) is 5.91 Å². The van der Waals surface area contributed by atoms with Crippen molar-refractivity contribution in [2.75, 3.05) is 0 Å². The van der Waals surface area contributed by atoms with Gasteiger partial charge in [0.05, 0.1) is 0 Å². The molecule has 0 aromatic heterocycles. The van der Waals surface area contributed by atoms with Crippen LogP contribution in [0.5, 0.6) is 0 Å². The van der Waals surface area contributed by atoms with Gasteiger partial charge in [0.2, 0.25) is 0 Å². The van der Waals surface area contributed by atoms with E-state index in [0.717, 1.165) is 29.0 Å². The van der Waals surface area contributed by atoms with Crippen LogP contribution in [0.3, 0.4) is 0 Å². The number of rotatable bonds is 3. The van der Waals surface area contributed by atoms with Gasteiger partial charge >= 0.3 is 0 Å². The van der Waals surface area contributed by atoms with Gasteiger partial charge in [0.15, 0.2) is 5.11 Å². The van der Waals surface area contributed by atoms with Crippen LogP contribution in [0, 0.1) is 0 Å². The second kappa shape index (κ2) is 5.75. The van der Waals surface area contributed by atoms with Crippen LogP contribution >= 0.6 is 12.2 Å². The molecule has 0 aliphatic rings. The van der Waals surface area contributed by atoms with E-state index in [1.54, 1.807) is 0 Å². The highest BCUT2D eigenvalue weighted by Gasteiger charge is 2.17. The summed E-state index contributed by atoms with van der Waals surface area (Å²) in [5.41, 5.74) is 7.95. The Morgan fingerprint density at radius 3 is 2.47 bits per heavy atom. The third-order valence-corrected chi connectivity index (χ3v) is 2.85. The number of nitrogens with zero attached hydrogens (tertiary/aromatic N) is 1. The summed E-state index contributed by atoms with van der Waals surface area (Å²) in [4.78, 5) is 12.1. The Morgan fingerprint density at radius 2 is 2.00 bits per heavy atom. The Morgan fingerprint density at radius 1 is 1.35 bits per heavy atom. The number of aryl methyl sites for hydroxylation is 2. The quantitative estimate of drug-likeness (QED) is 0.368. The van der Waals surface area contributed by atoms with Crippen molar-refractivity contribution >= 4 is 23.2 Å². The van der Waals surface area contributed by atoms with E-state index in [1.165, 1.54) is 0 Å². The van der Waals surface area contributed by atoms with Gasteiger partial charge in [-0.2, -0.15) is 0 Å². The molecule has 4 N–H and O–H groups in total. The lowest BCUT2D eigenvalue weighted by Gasteiger charge is -2.16. The van der Waals surface area contributed by atoms with Gasteiger partial charge in [-0.05, 0) is 42.3 Å². The van der Waals surface area contributed by atoms with Crippen LogP contribution in [0.4, 0.5) is 0 Å². The Kier molecular flexibility index (Phi) is 4.60. The van der Waals surface area contributed by atoms with Gasteiger partial charge in [0, 0.05) is 5.56 Å². The van der Waals surface area contributed by atoms with Gasteiger partial charge < -0.3 is 5.73 Å². The van der Waals surface area contributed by atoms with Crippen molar-refractivity contribution in [3.8, 4) is 0 Å².